The van der Waals surface area contributed by atoms with Gasteiger partial charge >= 0.3 is 0 Å². The molecule has 1 aliphatic rings. The second-order valence-corrected chi connectivity index (χ2v) is 4.87. The predicted molar refractivity (Wildman–Crippen MR) is 68.4 cm³/mol. The molecule has 0 bridgehead atoms. The van der Waals surface area contributed by atoms with E-state index in [4.69, 9.17) is 4.52 Å². The van der Waals surface area contributed by atoms with E-state index in [0.29, 0.717) is 18.5 Å². The van der Waals surface area contributed by atoms with E-state index in [0.717, 1.165) is 18.8 Å². The average molecular weight is 252 g/mol. The van der Waals surface area contributed by atoms with Gasteiger partial charge in [-0.3, -0.25) is 15.0 Å². The van der Waals surface area contributed by atoms with Gasteiger partial charge < -0.3 is 9.84 Å². The molecule has 0 radical (unpaired) electrons. The zero-order chi connectivity index (χ0) is 13.0. The molecule has 1 atom stereocenters. The highest BCUT2D eigenvalue weighted by Crippen LogP contribution is 2.09. The summed E-state index contributed by atoms with van der Waals surface area (Å²) < 4.78 is 4.94. The van der Waals surface area contributed by atoms with E-state index in [1.54, 1.807) is 6.07 Å². The molecule has 2 heterocycles. The molecule has 0 aliphatic carbocycles. The molecule has 0 spiro atoms. The normalized spacial score (nSPS) is 19.4. The van der Waals surface area contributed by atoms with E-state index < -0.39 is 0 Å². The zero-order valence-corrected chi connectivity index (χ0v) is 10.9. The molecule has 6 heteroatoms. The standard InChI is InChI=1S/C12H20N4O2/c1-9-6-12(18-15-9)14-11(17)8-16(2)7-10-4-3-5-13-10/h6,10,13H,3-5,7-8H2,1-2H3,(H,14,17). The molecule has 0 aromatic carbocycles. The van der Waals surface area contributed by atoms with Crippen LogP contribution in [-0.4, -0.2) is 48.7 Å². The van der Waals surface area contributed by atoms with E-state index in [9.17, 15) is 4.79 Å². The molecule has 1 unspecified atom stereocenters. The minimum absolute atomic E-state index is 0.0772. The number of amides is 1. The van der Waals surface area contributed by atoms with Crippen LogP contribution in [0.15, 0.2) is 10.6 Å². The van der Waals surface area contributed by atoms with Gasteiger partial charge in [-0.1, -0.05) is 5.16 Å². The fourth-order valence-corrected chi connectivity index (χ4v) is 2.20. The van der Waals surface area contributed by atoms with Crippen molar-refractivity contribution in [1.29, 1.82) is 0 Å². The molecule has 1 fully saturated rings. The molecule has 18 heavy (non-hydrogen) atoms. The molecule has 0 saturated carbocycles. The van der Waals surface area contributed by atoms with Crippen LogP contribution in [0.1, 0.15) is 18.5 Å². The molecule has 1 saturated heterocycles. The Labute approximate surface area is 107 Å². The molecular weight excluding hydrogens is 232 g/mol. The summed E-state index contributed by atoms with van der Waals surface area (Å²) in [4.78, 5) is 13.8. The van der Waals surface area contributed by atoms with Gasteiger partial charge in [-0.25, -0.2) is 0 Å². The van der Waals surface area contributed by atoms with Crippen molar-refractivity contribution in [2.75, 3.05) is 32.0 Å². The van der Waals surface area contributed by atoms with Gasteiger partial charge in [0.2, 0.25) is 11.8 Å². The highest BCUT2D eigenvalue weighted by molar-refractivity contribution is 5.90. The van der Waals surface area contributed by atoms with Crippen molar-refractivity contribution in [2.45, 2.75) is 25.8 Å². The summed E-state index contributed by atoms with van der Waals surface area (Å²) in [6.45, 7) is 4.15. The van der Waals surface area contributed by atoms with Crippen LogP contribution >= 0.6 is 0 Å². The second kappa shape index (κ2) is 5.97. The number of nitrogens with one attached hydrogen (secondary N) is 2. The Morgan fingerprint density at radius 3 is 3.17 bits per heavy atom. The summed E-state index contributed by atoms with van der Waals surface area (Å²) in [5, 5.41) is 9.82. The SMILES string of the molecule is Cc1cc(NC(=O)CN(C)CC2CCCN2)on1. The number of aromatic nitrogens is 1. The third kappa shape index (κ3) is 3.82. The van der Waals surface area contributed by atoms with E-state index >= 15 is 0 Å². The molecule has 2 N–H and O–H groups in total. The fourth-order valence-electron chi connectivity index (χ4n) is 2.20. The van der Waals surface area contributed by atoms with Crippen LogP contribution in [0.5, 0.6) is 0 Å². The number of hydrogen-bond acceptors (Lipinski definition) is 5. The van der Waals surface area contributed by atoms with Crippen molar-refractivity contribution in [1.82, 2.24) is 15.4 Å². The van der Waals surface area contributed by atoms with Gasteiger partial charge in [-0.05, 0) is 33.4 Å². The first kappa shape index (κ1) is 13.0. The lowest BCUT2D eigenvalue weighted by Crippen LogP contribution is -2.39. The lowest BCUT2D eigenvalue weighted by Gasteiger charge is -2.20. The molecule has 1 amide bonds. The molecule has 6 nitrogen and oxygen atoms in total. The summed E-state index contributed by atoms with van der Waals surface area (Å²) in [7, 11) is 1.95. The Hall–Kier alpha value is -1.40. The Balaban J connectivity index is 1.72. The quantitative estimate of drug-likeness (QED) is 0.803. The van der Waals surface area contributed by atoms with Gasteiger partial charge in [0.05, 0.1) is 12.2 Å². The first-order valence-corrected chi connectivity index (χ1v) is 6.28. The van der Waals surface area contributed by atoms with Crippen LogP contribution in [0, 0.1) is 6.92 Å². The van der Waals surface area contributed by atoms with Crippen molar-refractivity contribution in [3.05, 3.63) is 11.8 Å². The van der Waals surface area contributed by atoms with E-state index in [1.165, 1.54) is 12.8 Å². The molecule has 1 aromatic heterocycles. The van der Waals surface area contributed by atoms with Crippen molar-refractivity contribution >= 4 is 11.8 Å². The first-order chi connectivity index (χ1) is 8.63. The average Bonchev–Trinajstić information content (AvgIpc) is 2.90. The summed E-state index contributed by atoms with van der Waals surface area (Å²) >= 11 is 0. The molecule has 1 aromatic rings. The summed E-state index contributed by atoms with van der Waals surface area (Å²) in [5.74, 6) is 0.330. The van der Waals surface area contributed by atoms with Crippen LogP contribution in [0.3, 0.4) is 0 Å². The van der Waals surface area contributed by atoms with Crippen molar-refractivity contribution in [3.63, 3.8) is 0 Å². The Morgan fingerprint density at radius 1 is 1.72 bits per heavy atom. The zero-order valence-electron chi connectivity index (χ0n) is 10.9. The van der Waals surface area contributed by atoms with Crippen LogP contribution in [0.25, 0.3) is 0 Å². The van der Waals surface area contributed by atoms with E-state index in [2.05, 4.69) is 15.8 Å². The maximum absolute atomic E-state index is 11.7. The fraction of sp³-hybridized carbons (Fsp3) is 0.667. The molecular formula is C12H20N4O2. The summed E-state index contributed by atoms with van der Waals surface area (Å²) in [6.07, 6.45) is 2.41. The lowest BCUT2D eigenvalue weighted by molar-refractivity contribution is -0.117. The van der Waals surface area contributed by atoms with Gasteiger partial charge in [-0.15, -0.1) is 0 Å². The predicted octanol–water partition coefficient (Wildman–Crippen LogP) is 0.605. The van der Waals surface area contributed by atoms with Gasteiger partial charge in [0.1, 0.15) is 0 Å². The van der Waals surface area contributed by atoms with Gasteiger partial charge in [0.25, 0.3) is 0 Å². The van der Waals surface area contributed by atoms with Crippen LogP contribution in [0.4, 0.5) is 5.88 Å². The summed E-state index contributed by atoms with van der Waals surface area (Å²) in [5.41, 5.74) is 0.758. The lowest BCUT2D eigenvalue weighted by atomic mass is 10.2. The number of anilines is 1. The maximum atomic E-state index is 11.7. The monoisotopic (exact) mass is 252 g/mol. The van der Waals surface area contributed by atoms with E-state index in [1.807, 2.05) is 18.9 Å². The Kier molecular flexibility index (Phi) is 4.33. The largest absolute Gasteiger partial charge is 0.338 e. The van der Waals surface area contributed by atoms with Crippen molar-refractivity contribution in [3.8, 4) is 0 Å². The third-order valence-corrected chi connectivity index (χ3v) is 3.00. The number of likely N-dealkylation sites (N-methyl/N-ethyl adjacent to an activating group) is 1. The maximum Gasteiger partial charge on any atom is 0.240 e. The highest BCUT2D eigenvalue weighted by Gasteiger charge is 2.17. The number of carbonyl (C=O) groups excluding carboxylic acids is 1. The van der Waals surface area contributed by atoms with Crippen molar-refractivity contribution in [2.24, 2.45) is 0 Å². The van der Waals surface area contributed by atoms with Gasteiger partial charge in [-0.2, -0.15) is 0 Å². The smallest absolute Gasteiger partial charge is 0.240 e. The Morgan fingerprint density at radius 2 is 2.56 bits per heavy atom. The first-order valence-electron chi connectivity index (χ1n) is 6.28. The van der Waals surface area contributed by atoms with Crippen LogP contribution in [-0.2, 0) is 4.79 Å². The number of carbonyl (C=O) groups is 1. The Bertz CT molecular complexity index is 399. The van der Waals surface area contributed by atoms with Crippen LogP contribution in [0.2, 0.25) is 0 Å². The molecule has 100 valence electrons. The number of nitrogens with zero attached hydrogens (tertiary/aromatic N) is 2. The number of hydrogen-bond donors (Lipinski definition) is 2. The van der Waals surface area contributed by atoms with Crippen molar-refractivity contribution < 1.29 is 9.32 Å². The topological polar surface area (TPSA) is 70.4 Å². The third-order valence-electron chi connectivity index (χ3n) is 3.00. The number of rotatable bonds is 5. The highest BCUT2D eigenvalue weighted by atomic mass is 16.5. The number of aryl methyl sites for hydroxylation is 1. The summed E-state index contributed by atoms with van der Waals surface area (Å²) in [6, 6.07) is 2.21. The van der Waals surface area contributed by atoms with Gasteiger partial charge in [0.15, 0.2) is 0 Å². The molecule has 2 rings (SSSR count). The molecule has 1 aliphatic heterocycles. The van der Waals surface area contributed by atoms with Gasteiger partial charge in [0, 0.05) is 18.7 Å². The van der Waals surface area contributed by atoms with Crippen LogP contribution < -0.4 is 10.6 Å². The minimum Gasteiger partial charge on any atom is -0.338 e. The second-order valence-electron chi connectivity index (χ2n) is 4.87. The minimum atomic E-state index is -0.0772. The van der Waals surface area contributed by atoms with E-state index in [-0.39, 0.29) is 5.91 Å².